The molecule has 0 atom stereocenters. The van der Waals surface area contributed by atoms with Gasteiger partial charge in [0.1, 0.15) is 11.3 Å². The Morgan fingerprint density at radius 1 is 1.12 bits per heavy atom. The number of hydrogen-bond acceptors (Lipinski definition) is 4. The van der Waals surface area contributed by atoms with E-state index in [4.69, 9.17) is 0 Å². The summed E-state index contributed by atoms with van der Waals surface area (Å²) in [7, 11) is 0. The summed E-state index contributed by atoms with van der Waals surface area (Å²) >= 11 is 0. The number of carbonyl (C=O) groups is 1. The lowest BCUT2D eigenvalue weighted by Crippen LogP contribution is -2.42. The first-order valence-corrected chi connectivity index (χ1v) is 8.61. The highest BCUT2D eigenvalue weighted by molar-refractivity contribution is 6.14. The Kier molecular flexibility index (Phi) is 3.18. The highest BCUT2D eigenvalue weighted by Crippen LogP contribution is 2.45. The summed E-state index contributed by atoms with van der Waals surface area (Å²) in [5.41, 5.74) is 3.18. The summed E-state index contributed by atoms with van der Waals surface area (Å²) in [6.07, 6.45) is 7.41. The number of nitrogens with one attached hydrogen (secondary N) is 3. The highest BCUT2D eigenvalue weighted by Gasteiger charge is 2.45. The molecule has 0 saturated heterocycles. The predicted octanol–water partition coefficient (Wildman–Crippen LogP) is 2.67. The van der Waals surface area contributed by atoms with Gasteiger partial charge in [-0.1, -0.05) is 30.3 Å². The van der Waals surface area contributed by atoms with Crippen LogP contribution in [0.1, 0.15) is 24.0 Å². The number of amides is 1. The predicted molar refractivity (Wildman–Crippen MR) is 100 cm³/mol. The lowest BCUT2D eigenvalue weighted by atomic mass is 10.1. The summed E-state index contributed by atoms with van der Waals surface area (Å²) < 4.78 is 0. The van der Waals surface area contributed by atoms with Gasteiger partial charge < -0.3 is 10.3 Å². The minimum absolute atomic E-state index is 0.118. The maximum atomic E-state index is 12.3. The van der Waals surface area contributed by atoms with Crippen molar-refractivity contribution in [1.82, 2.24) is 20.6 Å². The molecule has 1 amide bonds. The fourth-order valence-electron chi connectivity index (χ4n) is 3.37. The zero-order valence-electron chi connectivity index (χ0n) is 14.0. The Bertz CT molecular complexity index is 1060. The van der Waals surface area contributed by atoms with E-state index in [1.54, 1.807) is 12.3 Å². The molecule has 1 aliphatic carbocycles. The van der Waals surface area contributed by atoms with E-state index < -0.39 is 0 Å². The summed E-state index contributed by atoms with van der Waals surface area (Å²) in [6.45, 7) is 0. The van der Waals surface area contributed by atoms with Gasteiger partial charge in [0, 0.05) is 23.3 Å². The van der Waals surface area contributed by atoms with Crippen LogP contribution in [0.4, 0.5) is 0 Å². The van der Waals surface area contributed by atoms with Crippen LogP contribution in [0.2, 0.25) is 0 Å². The smallest absolute Gasteiger partial charge is 0.276 e. The summed E-state index contributed by atoms with van der Waals surface area (Å²) in [5.74, 6) is 0.315. The number of aromatic nitrogens is 2. The molecule has 0 bridgehead atoms. The van der Waals surface area contributed by atoms with Gasteiger partial charge >= 0.3 is 0 Å². The largest absolute Gasteiger partial charge is 0.346 e. The van der Waals surface area contributed by atoms with E-state index in [1.807, 2.05) is 36.5 Å². The van der Waals surface area contributed by atoms with Crippen LogP contribution in [-0.2, 0) is 10.3 Å². The number of nitrogens with zero attached hydrogens (tertiary/aromatic N) is 2. The van der Waals surface area contributed by atoms with Crippen molar-refractivity contribution >= 4 is 29.0 Å². The molecule has 2 aliphatic rings. The van der Waals surface area contributed by atoms with Gasteiger partial charge in [-0.2, -0.15) is 0 Å². The van der Waals surface area contributed by atoms with E-state index in [0.717, 1.165) is 29.4 Å². The van der Waals surface area contributed by atoms with Crippen molar-refractivity contribution in [2.45, 2.75) is 18.4 Å². The normalized spacial score (nSPS) is 19.5. The zero-order chi connectivity index (χ0) is 17.6. The lowest BCUT2D eigenvalue weighted by Gasteiger charge is -2.18. The molecule has 0 unspecified atom stereocenters. The van der Waals surface area contributed by atoms with Gasteiger partial charge in [0.15, 0.2) is 0 Å². The van der Waals surface area contributed by atoms with Crippen LogP contribution in [0.5, 0.6) is 0 Å². The topological polar surface area (TPSA) is 82.2 Å². The third-order valence-electron chi connectivity index (χ3n) is 4.91. The van der Waals surface area contributed by atoms with Gasteiger partial charge in [0.2, 0.25) is 5.96 Å². The Morgan fingerprint density at radius 2 is 1.96 bits per heavy atom. The fourth-order valence-corrected chi connectivity index (χ4v) is 3.37. The Labute approximate surface area is 150 Å². The van der Waals surface area contributed by atoms with Crippen LogP contribution in [0, 0.1) is 0 Å². The zero-order valence-corrected chi connectivity index (χ0v) is 14.0. The lowest BCUT2D eigenvalue weighted by molar-refractivity contribution is -0.115. The van der Waals surface area contributed by atoms with E-state index in [1.165, 1.54) is 5.56 Å². The average Bonchev–Trinajstić information content (AvgIpc) is 3.22. The summed E-state index contributed by atoms with van der Waals surface area (Å²) in [5, 5.41) is 7.22. The number of rotatable bonds is 3. The maximum Gasteiger partial charge on any atom is 0.276 e. The number of aromatic amines is 1. The quantitative estimate of drug-likeness (QED) is 0.640. The monoisotopic (exact) mass is 343 g/mol. The highest BCUT2D eigenvalue weighted by atomic mass is 16.2. The number of guanidine groups is 1. The summed E-state index contributed by atoms with van der Waals surface area (Å²) in [4.78, 5) is 24.2. The van der Waals surface area contributed by atoms with Gasteiger partial charge in [0.05, 0.1) is 5.54 Å². The molecule has 5 rings (SSSR count). The molecule has 2 aromatic heterocycles. The molecule has 128 valence electrons. The molecule has 3 aromatic rings. The van der Waals surface area contributed by atoms with E-state index in [2.05, 4.69) is 37.7 Å². The van der Waals surface area contributed by atoms with E-state index >= 15 is 0 Å². The van der Waals surface area contributed by atoms with E-state index in [9.17, 15) is 4.79 Å². The number of hydrogen-bond donors (Lipinski definition) is 3. The molecule has 1 saturated carbocycles. The molecular formula is C20H17N5O. The van der Waals surface area contributed by atoms with E-state index in [-0.39, 0.29) is 11.4 Å². The van der Waals surface area contributed by atoms with Crippen LogP contribution in [0.25, 0.3) is 17.1 Å². The molecule has 1 aliphatic heterocycles. The van der Waals surface area contributed by atoms with Crippen LogP contribution in [0.15, 0.2) is 65.5 Å². The molecule has 3 heterocycles. The number of H-pyrrole nitrogens is 1. The van der Waals surface area contributed by atoms with Crippen molar-refractivity contribution < 1.29 is 4.79 Å². The third-order valence-corrected chi connectivity index (χ3v) is 4.91. The van der Waals surface area contributed by atoms with Gasteiger partial charge in [-0.25, -0.2) is 9.98 Å². The third kappa shape index (κ3) is 2.47. The second-order valence-corrected chi connectivity index (χ2v) is 6.66. The van der Waals surface area contributed by atoms with Crippen LogP contribution >= 0.6 is 0 Å². The molecule has 1 aromatic carbocycles. The Balaban J connectivity index is 1.43. The minimum Gasteiger partial charge on any atom is -0.346 e. The van der Waals surface area contributed by atoms with Crippen molar-refractivity contribution in [2.75, 3.05) is 0 Å². The molecular weight excluding hydrogens is 326 g/mol. The molecule has 6 heteroatoms. The van der Waals surface area contributed by atoms with Crippen molar-refractivity contribution in [3.63, 3.8) is 0 Å². The first kappa shape index (κ1) is 14.9. The van der Waals surface area contributed by atoms with Crippen LogP contribution < -0.4 is 10.6 Å². The molecule has 6 nitrogen and oxygen atoms in total. The first-order chi connectivity index (χ1) is 12.7. The van der Waals surface area contributed by atoms with Crippen LogP contribution in [-0.4, -0.2) is 21.8 Å². The number of aliphatic imine (C=N–C) groups is 1. The van der Waals surface area contributed by atoms with Crippen molar-refractivity contribution in [3.05, 3.63) is 71.7 Å². The standard InChI is InChI=1S/C20H17N5O/c26-18-16(11-13-12-22-17-15(13)7-4-10-21-17)23-19(24-18)25-20(8-9-20)14-5-2-1-3-6-14/h1-7,10-12H,8-9H2,(H,21,22)(H2,23,24,25,26). The molecule has 3 N–H and O–H groups in total. The van der Waals surface area contributed by atoms with Gasteiger partial charge in [-0.05, 0) is 36.6 Å². The SMILES string of the molecule is O=C1NC(NC2(c3ccccc3)CC2)=NC1=Cc1c[nH]c2ncccc12. The van der Waals surface area contributed by atoms with E-state index in [0.29, 0.717) is 11.7 Å². The van der Waals surface area contributed by atoms with Gasteiger partial charge in [-0.3, -0.25) is 10.1 Å². The molecule has 1 fully saturated rings. The van der Waals surface area contributed by atoms with Crippen molar-refractivity contribution in [1.29, 1.82) is 0 Å². The number of pyridine rings is 1. The van der Waals surface area contributed by atoms with Gasteiger partial charge in [-0.15, -0.1) is 0 Å². The van der Waals surface area contributed by atoms with Gasteiger partial charge in [0.25, 0.3) is 5.91 Å². The Morgan fingerprint density at radius 3 is 2.77 bits per heavy atom. The average molecular weight is 343 g/mol. The molecule has 0 radical (unpaired) electrons. The first-order valence-electron chi connectivity index (χ1n) is 8.61. The maximum absolute atomic E-state index is 12.3. The molecule has 0 spiro atoms. The van der Waals surface area contributed by atoms with Crippen LogP contribution in [0.3, 0.4) is 0 Å². The second kappa shape index (κ2) is 5.56. The number of carbonyl (C=O) groups excluding carboxylic acids is 1. The fraction of sp³-hybridized carbons (Fsp3) is 0.150. The minimum atomic E-state index is -0.199. The Hall–Kier alpha value is -3.41. The van der Waals surface area contributed by atoms with Crippen molar-refractivity contribution in [2.24, 2.45) is 4.99 Å². The second-order valence-electron chi connectivity index (χ2n) is 6.66. The van der Waals surface area contributed by atoms with Crippen molar-refractivity contribution in [3.8, 4) is 0 Å². The number of fused-ring (bicyclic) bond motifs is 1. The number of benzene rings is 1. The molecule has 26 heavy (non-hydrogen) atoms. The summed E-state index contributed by atoms with van der Waals surface area (Å²) in [6, 6.07) is 14.1.